The molecule has 2 saturated heterocycles. The van der Waals surface area contributed by atoms with Crippen molar-refractivity contribution in [1.82, 2.24) is 19.6 Å². The number of benzene rings is 2. The number of nitrogens with zero attached hydrogens (tertiary/aromatic N) is 4. The number of nitrogens with one attached hydrogen (secondary N) is 1. The summed E-state index contributed by atoms with van der Waals surface area (Å²) in [5.74, 6) is 0.458. The quantitative estimate of drug-likeness (QED) is 0.515. The van der Waals surface area contributed by atoms with Crippen molar-refractivity contribution >= 4 is 40.1 Å². The van der Waals surface area contributed by atoms with Crippen molar-refractivity contribution in [2.75, 3.05) is 25.1 Å². The minimum Gasteiger partial charge on any atom is -0.508 e. The van der Waals surface area contributed by atoms with Gasteiger partial charge < -0.3 is 24.4 Å². The molecule has 2 atom stereocenters. The molecule has 2 N–H and O–H groups in total. The van der Waals surface area contributed by atoms with E-state index in [4.69, 9.17) is 9.72 Å². The molecule has 1 saturated carbocycles. The van der Waals surface area contributed by atoms with E-state index in [9.17, 15) is 5.11 Å². The summed E-state index contributed by atoms with van der Waals surface area (Å²) in [5, 5.41) is 15.9. The Labute approximate surface area is 207 Å². The summed E-state index contributed by atoms with van der Waals surface area (Å²) < 4.78 is 24.1. The largest absolute Gasteiger partial charge is 0.508 e. The first kappa shape index (κ1) is 21.3. The molecule has 2 unspecified atom stereocenters. The second kappa shape index (κ2) is 7.99. The molecule has 35 heavy (non-hydrogen) atoms. The molecule has 180 valence electrons. The van der Waals surface area contributed by atoms with Gasteiger partial charge in [-0.3, -0.25) is 0 Å². The van der Waals surface area contributed by atoms with Gasteiger partial charge in [-0.25, -0.2) is 4.39 Å². The van der Waals surface area contributed by atoms with Gasteiger partial charge in [0.25, 0.3) is 0 Å². The first-order valence-corrected chi connectivity index (χ1v) is 12.9. The standard InChI is InChI=1S/C26H26FN5O2S/c1-34-26-29-22-21(27)23(20-11-18(33)10-14-4-2-3-5-19(14)20)32(17-8-9-17)35-24(22)25(30-26)31-12-15-6-7-16(13-31)28-15/h2-5,10-11,15-17,28,33H,6-9,12-13H2,1H3. The highest BCUT2D eigenvalue weighted by atomic mass is 32.2. The van der Waals surface area contributed by atoms with Gasteiger partial charge in [-0.2, -0.15) is 9.97 Å². The smallest absolute Gasteiger partial charge is 0.318 e. The first-order chi connectivity index (χ1) is 17.1. The molecular weight excluding hydrogens is 465 g/mol. The molecule has 3 aliphatic heterocycles. The van der Waals surface area contributed by atoms with Crippen LogP contribution in [0.3, 0.4) is 0 Å². The van der Waals surface area contributed by atoms with Crippen LogP contribution in [0, 0.1) is 0 Å². The second-order valence-electron chi connectivity index (χ2n) is 9.78. The lowest BCUT2D eigenvalue weighted by molar-refractivity contribution is 0.375. The van der Waals surface area contributed by atoms with E-state index < -0.39 is 5.83 Å². The maximum absolute atomic E-state index is 16.6. The Morgan fingerprint density at radius 3 is 2.60 bits per heavy atom. The third-order valence-electron chi connectivity index (χ3n) is 7.33. The average molecular weight is 492 g/mol. The van der Waals surface area contributed by atoms with Gasteiger partial charge in [0, 0.05) is 36.8 Å². The van der Waals surface area contributed by atoms with E-state index in [1.165, 1.54) is 19.1 Å². The summed E-state index contributed by atoms with van der Waals surface area (Å²) in [6.45, 7) is 1.67. The van der Waals surface area contributed by atoms with E-state index in [0.717, 1.165) is 60.3 Å². The number of hydrogen-bond donors (Lipinski definition) is 2. The van der Waals surface area contributed by atoms with Crippen molar-refractivity contribution in [3.05, 3.63) is 47.7 Å². The fourth-order valence-electron chi connectivity index (χ4n) is 5.57. The number of piperazine rings is 1. The molecular formula is C26H26FN5O2S. The zero-order valence-electron chi connectivity index (χ0n) is 19.4. The summed E-state index contributed by atoms with van der Waals surface area (Å²) in [4.78, 5) is 12.2. The Hall–Kier alpha value is -3.04. The molecule has 4 heterocycles. The van der Waals surface area contributed by atoms with Crippen molar-refractivity contribution in [2.24, 2.45) is 0 Å². The van der Waals surface area contributed by atoms with Crippen LogP contribution in [0.5, 0.6) is 11.8 Å². The van der Waals surface area contributed by atoms with E-state index in [1.807, 2.05) is 24.3 Å². The number of ether oxygens (including phenoxy) is 1. The van der Waals surface area contributed by atoms with Crippen LogP contribution in [0.4, 0.5) is 10.2 Å². The number of aromatic hydroxyl groups is 1. The Morgan fingerprint density at radius 2 is 1.86 bits per heavy atom. The van der Waals surface area contributed by atoms with Gasteiger partial charge in [0.15, 0.2) is 11.6 Å². The van der Waals surface area contributed by atoms with E-state index in [2.05, 4.69) is 19.5 Å². The van der Waals surface area contributed by atoms with Crippen LogP contribution in [0.15, 0.2) is 41.3 Å². The van der Waals surface area contributed by atoms with Crippen molar-refractivity contribution < 1.29 is 14.2 Å². The maximum atomic E-state index is 16.6. The fraction of sp³-hybridized carbons (Fsp3) is 0.385. The summed E-state index contributed by atoms with van der Waals surface area (Å²) in [5.41, 5.74) is 1.40. The molecule has 3 aromatic rings. The number of rotatable bonds is 4. The minimum atomic E-state index is -0.401. The fourth-order valence-corrected chi connectivity index (χ4v) is 6.88. The van der Waals surface area contributed by atoms with E-state index in [0.29, 0.717) is 23.3 Å². The number of halogens is 1. The topological polar surface area (TPSA) is 73.8 Å². The van der Waals surface area contributed by atoms with Crippen LogP contribution in [-0.2, 0) is 0 Å². The molecule has 4 aliphatic rings. The Balaban J connectivity index is 1.44. The third-order valence-corrected chi connectivity index (χ3v) is 8.57. The van der Waals surface area contributed by atoms with E-state index in [-0.39, 0.29) is 23.5 Å². The van der Waals surface area contributed by atoms with Crippen LogP contribution < -0.4 is 15.0 Å². The molecule has 1 aliphatic carbocycles. The van der Waals surface area contributed by atoms with Gasteiger partial charge in [-0.1, -0.05) is 24.3 Å². The van der Waals surface area contributed by atoms with Gasteiger partial charge in [0.1, 0.15) is 16.3 Å². The number of methoxy groups -OCH3 is 1. The Kier molecular flexibility index (Phi) is 4.86. The third kappa shape index (κ3) is 3.51. The predicted molar refractivity (Wildman–Crippen MR) is 135 cm³/mol. The monoisotopic (exact) mass is 491 g/mol. The lowest BCUT2D eigenvalue weighted by Gasteiger charge is -2.37. The summed E-state index contributed by atoms with van der Waals surface area (Å²) in [6.07, 6.45) is 4.30. The Bertz CT molecular complexity index is 1370. The number of phenolic OH excluding ortho intramolecular Hbond substituents is 1. The Morgan fingerprint density at radius 1 is 1.09 bits per heavy atom. The molecule has 0 amide bonds. The molecule has 7 rings (SSSR count). The molecule has 3 fully saturated rings. The SMILES string of the molecule is COc1nc2c(c(N3CC4CCC(C3)N4)n1)SN(C1CC1)C(c1cc(O)cc3ccccc13)=C2F. The van der Waals surface area contributed by atoms with Gasteiger partial charge in [-0.15, -0.1) is 0 Å². The summed E-state index contributed by atoms with van der Waals surface area (Å²) in [6, 6.07) is 12.4. The van der Waals surface area contributed by atoms with E-state index in [1.54, 1.807) is 12.1 Å². The lowest BCUT2D eigenvalue weighted by atomic mass is 10.00. The number of fused-ring (bicyclic) bond motifs is 4. The molecule has 1 aromatic heterocycles. The highest BCUT2D eigenvalue weighted by Gasteiger charge is 2.42. The lowest BCUT2D eigenvalue weighted by Crippen LogP contribution is -2.51. The van der Waals surface area contributed by atoms with Crippen LogP contribution >= 0.6 is 11.9 Å². The maximum Gasteiger partial charge on any atom is 0.318 e. The number of hydrogen-bond acceptors (Lipinski definition) is 8. The number of phenols is 1. The number of aromatic nitrogens is 2. The molecule has 2 bridgehead atoms. The van der Waals surface area contributed by atoms with Gasteiger partial charge in [-0.05, 0) is 60.5 Å². The molecule has 7 nitrogen and oxygen atoms in total. The average Bonchev–Trinajstić information content (AvgIpc) is 3.66. The van der Waals surface area contributed by atoms with E-state index >= 15 is 4.39 Å². The highest BCUT2D eigenvalue weighted by molar-refractivity contribution is 7.97. The summed E-state index contributed by atoms with van der Waals surface area (Å²) in [7, 11) is 1.52. The van der Waals surface area contributed by atoms with Gasteiger partial charge >= 0.3 is 6.01 Å². The van der Waals surface area contributed by atoms with Crippen LogP contribution in [0.1, 0.15) is 36.9 Å². The predicted octanol–water partition coefficient (Wildman–Crippen LogP) is 4.57. The highest BCUT2D eigenvalue weighted by Crippen LogP contribution is 2.54. The van der Waals surface area contributed by atoms with Gasteiger partial charge in [0.05, 0.1) is 12.8 Å². The minimum absolute atomic E-state index is 0.114. The van der Waals surface area contributed by atoms with Crippen molar-refractivity contribution in [3.8, 4) is 11.8 Å². The normalized spacial score (nSPS) is 23.7. The molecule has 0 spiro atoms. The molecule has 2 aromatic carbocycles. The van der Waals surface area contributed by atoms with Crippen molar-refractivity contribution in [1.29, 1.82) is 0 Å². The molecule has 9 heteroatoms. The van der Waals surface area contributed by atoms with Crippen LogP contribution in [-0.4, -0.2) is 57.7 Å². The summed E-state index contributed by atoms with van der Waals surface area (Å²) >= 11 is 1.52. The zero-order valence-corrected chi connectivity index (χ0v) is 20.2. The van der Waals surface area contributed by atoms with Crippen molar-refractivity contribution in [2.45, 2.75) is 48.7 Å². The van der Waals surface area contributed by atoms with Crippen LogP contribution in [0.25, 0.3) is 22.3 Å². The first-order valence-electron chi connectivity index (χ1n) is 12.2. The molecule has 0 radical (unpaired) electrons. The van der Waals surface area contributed by atoms with Crippen molar-refractivity contribution in [3.63, 3.8) is 0 Å². The zero-order chi connectivity index (χ0) is 23.7. The second-order valence-corrected chi connectivity index (χ2v) is 10.8. The van der Waals surface area contributed by atoms with Crippen LogP contribution in [0.2, 0.25) is 0 Å². The van der Waals surface area contributed by atoms with Gasteiger partial charge in [0.2, 0.25) is 0 Å². The number of anilines is 1.